The van der Waals surface area contributed by atoms with Crippen molar-refractivity contribution in [3.05, 3.63) is 65.4 Å². The van der Waals surface area contributed by atoms with Gasteiger partial charge in [0.1, 0.15) is 5.75 Å². The summed E-state index contributed by atoms with van der Waals surface area (Å²) in [5.41, 5.74) is 1.66. The van der Waals surface area contributed by atoms with Crippen molar-refractivity contribution in [1.82, 2.24) is 0 Å². The first kappa shape index (κ1) is 15.7. The van der Waals surface area contributed by atoms with Crippen LogP contribution in [0.5, 0.6) is 5.75 Å². The highest BCUT2D eigenvalue weighted by Crippen LogP contribution is 2.22. The number of hydrogen-bond acceptors (Lipinski definition) is 7. The van der Waals surface area contributed by atoms with Gasteiger partial charge >= 0.3 is 5.97 Å². The quantitative estimate of drug-likeness (QED) is 0.510. The lowest BCUT2D eigenvalue weighted by atomic mass is 10.2. The molecule has 2 aromatic rings. The van der Waals surface area contributed by atoms with Gasteiger partial charge in [0.2, 0.25) is 5.90 Å². The van der Waals surface area contributed by atoms with Gasteiger partial charge in [-0.1, -0.05) is 12.1 Å². The summed E-state index contributed by atoms with van der Waals surface area (Å²) in [5.74, 6) is 0.277. The number of carbonyl (C=O) groups excluding carboxylic acids is 1. The zero-order valence-electron chi connectivity index (χ0n) is 12.7. The fraction of sp³-hybridized carbons (Fsp3) is 0.0588. The Morgan fingerprint density at radius 1 is 1.17 bits per heavy atom. The van der Waals surface area contributed by atoms with Crippen molar-refractivity contribution in [3.63, 3.8) is 0 Å². The van der Waals surface area contributed by atoms with Crippen LogP contribution in [0.3, 0.4) is 0 Å². The van der Waals surface area contributed by atoms with Gasteiger partial charge in [-0.3, -0.25) is 10.4 Å². The first-order chi connectivity index (χ1) is 11.6. The molecular formula is C17H14N2O5. The van der Waals surface area contributed by atoms with Crippen LogP contribution in [0, 0.1) is 0 Å². The summed E-state index contributed by atoms with van der Waals surface area (Å²) < 4.78 is 10.3. The third kappa shape index (κ3) is 3.27. The van der Waals surface area contributed by atoms with E-state index in [0.717, 1.165) is 5.56 Å². The maximum absolute atomic E-state index is 12.0. The topological polar surface area (TPSA) is 91.6 Å². The van der Waals surface area contributed by atoms with E-state index >= 15 is 0 Å². The molecule has 0 aliphatic carbocycles. The van der Waals surface area contributed by atoms with E-state index in [-0.39, 0.29) is 22.5 Å². The molecule has 7 nitrogen and oxygen atoms in total. The van der Waals surface area contributed by atoms with Gasteiger partial charge < -0.3 is 9.47 Å². The smallest absolute Gasteiger partial charge is 0.363 e. The molecule has 1 aliphatic heterocycles. The van der Waals surface area contributed by atoms with Crippen molar-refractivity contribution < 1.29 is 24.7 Å². The molecule has 0 amide bonds. The number of hydrogen-bond donors (Lipinski definition) is 2. The zero-order chi connectivity index (χ0) is 17.1. The Kier molecular flexibility index (Phi) is 4.28. The van der Waals surface area contributed by atoms with E-state index in [4.69, 9.17) is 19.9 Å². The summed E-state index contributed by atoms with van der Waals surface area (Å²) in [6.07, 6.45) is 1.61. The van der Waals surface area contributed by atoms with Crippen LogP contribution >= 0.6 is 0 Å². The van der Waals surface area contributed by atoms with Gasteiger partial charge in [-0.05, 0) is 48.0 Å². The molecule has 0 atom stereocenters. The SMILES string of the molecule is COc1cccc(C=C2N=C(c3ccc(N(O)O)cc3)OC2=O)c1. The number of nitrogens with zero attached hydrogens (tertiary/aromatic N) is 2. The molecule has 0 saturated heterocycles. The Morgan fingerprint density at radius 2 is 1.92 bits per heavy atom. The van der Waals surface area contributed by atoms with Gasteiger partial charge in [0.05, 0.1) is 12.8 Å². The van der Waals surface area contributed by atoms with E-state index in [9.17, 15) is 4.79 Å². The van der Waals surface area contributed by atoms with Gasteiger partial charge in [-0.2, -0.15) is 0 Å². The predicted octanol–water partition coefficient (Wildman–Crippen LogP) is 2.62. The van der Waals surface area contributed by atoms with Gasteiger partial charge in [0.15, 0.2) is 5.70 Å². The van der Waals surface area contributed by atoms with E-state index in [0.29, 0.717) is 11.3 Å². The summed E-state index contributed by atoms with van der Waals surface area (Å²) in [7, 11) is 1.57. The van der Waals surface area contributed by atoms with Crippen molar-refractivity contribution in [3.8, 4) is 5.75 Å². The van der Waals surface area contributed by atoms with E-state index in [2.05, 4.69) is 4.99 Å². The van der Waals surface area contributed by atoms with Crippen molar-refractivity contribution in [2.75, 3.05) is 12.3 Å². The zero-order valence-corrected chi connectivity index (χ0v) is 12.7. The van der Waals surface area contributed by atoms with Crippen LogP contribution in [-0.4, -0.2) is 29.4 Å². The molecule has 7 heteroatoms. The van der Waals surface area contributed by atoms with Crippen molar-refractivity contribution in [2.45, 2.75) is 0 Å². The van der Waals surface area contributed by atoms with Crippen molar-refractivity contribution in [1.29, 1.82) is 0 Å². The molecule has 2 aromatic carbocycles. The first-order valence-electron chi connectivity index (χ1n) is 7.02. The number of esters is 1. The summed E-state index contributed by atoms with van der Waals surface area (Å²) in [5, 5.41) is 17.9. The average Bonchev–Trinajstić information content (AvgIpc) is 2.96. The maximum Gasteiger partial charge on any atom is 0.363 e. The lowest BCUT2D eigenvalue weighted by Gasteiger charge is -2.07. The third-order valence-electron chi connectivity index (χ3n) is 3.36. The van der Waals surface area contributed by atoms with Gasteiger partial charge in [-0.25, -0.2) is 9.79 Å². The minimum atomic E-state index is -0.553. The van der Waals surface area contributed by atoms with Gasteiger partial charge in [0, 0.05) is 5.56 Å². The first-order valence-corrected chi connectivity index (χ1v) is 7.02. The molecule has 1 aliphatic rings. The minimum absolute atomic E-state index is 0.000366. The van der Waals surface area contributed by atoms with E-state index < -0.39 is 5.97 Å². The average molecular weight is 326 g/mol. The van der Waals surface area contributed by atoms with Gasteiger partial charge in [-0.15, -0.1) is 5.23 Å². The Labute approximate surface area is 137 Å². The summed E-state index contributed by atoms with van der Waals surface area (Å²) >= 11 is 0. The lowest BCUT2D eigenvalue weighted by molar-refractivity contribution is -0.129. The van der Waals surface area contributed by atoms with E-state index in [1.165, 1.54) is 12.1 Å². The van der Waals surface area contributed by atoms with Crippen molar-refractivity contribution >= 4 is 23.6 Å². The molecule has 0 aromatic heterocycles. The standard InChI is InChI=1S/C17H14N2O5/c1-23-14-4-2-3-11(9-14)10-15-17(20)24-16(18-15)12-5-7-13(8-6-12)19(21)22/h2-10,21-22H,1H3. The van der Waals surface area contributed by atoms with Gasteiger partial charge in [0.25, 0.3) is 0 Å². The van der Waals surface area contributed by atoms with Crippen molar-refractivity contribution in [2.24, 2.45) is 4.99 Å². The van der Waals surface area contributed by atoms with Crippen LogP contribution in [0.4, 0.5) is 5.69 Å². The Bertz CT molecular complexity index is 825. The highest BCUT2D eigenvalue weighted by Gasteiger charge is 2.24. The molecule has 1 heterocycles. The maximum atomic E-state index is 12.0. The molecule has 0 unspecified atom stereocenters. The molecule has 0 radical (unpaired) electrons. The lowest BCUT2D eigenvalue weighted by Crippen LogP contribution is -2.11. The fourth-order valence-corrected chi connectivity index (χ4v) is 2.16. The fourth-order valence-electron chi connectivity index (χ4n) is 2.16. The number of ether oxygens (including phenoxy) is 2. The molecule has 0 spiro atoms. The molecule has 122 valence electrons. The number of rotatable bonds is 4. The van der Waals surface area contributed by atoms with Crippen LogP contribution in [0.1, 0.15) is 11.1 Å². The van der Waals surface area contributed by atoms with Crippen LogP contribution in [0.15, 0.2) is 59.2 Å². The number of methoxy groups -OCH3 is 1. The molecule has 0 fully saturated rings. The van der Waals surface area contributed by atoms with Crippen LogP contribution in [-0.2, 0) is 9.53 Å². The Hall–Kier alpha value is -3.16. The summed E-state index contributed by atoms with van der Waals surface area (Å²) in [4.78, 5) is 16.2. The number of cyclic esters (lactones) is 1. The number of benzene rings is 2. The van der Waals surface area contributed by atoms with Crippen LogP contribution in [0.25, 0.3) is 6.08 Å². The third-order valence-corrected chi connectivity index (χ3v) is 3.36. The highest BCUT2D eigenvalue weighted by atomic mass is 16.8. The van der Waals surface area contributed by atoms with E-state index in [1.807, 2.05) is 12.1 Å². The Balaban J connectivity index is 1.88. The number of aliphatic imine (C=N–C) groups is 1. The second-order valence-electron chi connectivity index (χ2n) is 4.95. The monoisotopic (exact) mass is 326 g/mol. The van der Waals surface area contributed by atoms with Crippen LogP contribution in [0.2, 0.25) is 0 Å². The normalized spacial score (nSPS) is 15.2. The summed E-state index contributed by atoms with van der Waals surface area (Å²) in [6, 6.07) is 13.2. The highest BCUT2D eigenvalue weighted by molar-refractivity contribution is 6.12. The predicted molar refractivity (Wildman–Crippen MR) is 86.1 cm³/mol. The second-order valence-corrected chi connectivity index (χ2v) is 4.95. The van der Waals surface area contributed by atoms with Crippen LogP contribution < -0.4 is 9.96 Å². The minimum Gasteiger partial charge on any atom is -0.497 e. The Morgan fingerprint density at radius 3 is 2.58 bits per heavy atom. The largest absolute Gasteiger partial charge is 0.497 e. The molecular weight excluding hydrogens is 312 g/mol. The number of anilines is 1. The summed E-state index contributed by atoms with van der Waals surface area (Å²) in [6.45, 7) is 0. The number of carbonyl (C=O) groups is 1. The molecule has 0 bridgehead atoms. The molecule has 0 saturated carbocycles. The molecule has 3 rings (SSSR count). The van der Waals surface area contributed by atoms with E-state index in [1.54, 1.807) is 37.5 Å². The molecule has 24 heavy (non-hydrogen) atoms. The molecule has 2 N–H and O–H groups in total. The second kappa shape index (κ2) is 6.53.